The summed E-state index contributed by atoms with van der Waals surface area (Å²) in [6.07, 6.45) is 1.09. The summed E-state index contributed by atoms with van der Waals surface area (Å²) in [6.45, 7) is 3.14. The fraction of sp³-hybridized carbons (Fsp3) is 0.333. The molecule has 0 saturated carbocycles. The summed E-state index contributed by atoms with van der Waals surface area (Å²) in [5.41, 5.74) is 3.97. The average molecular weight is 268 g/mol. The lowest BCUT2D eigenvalue weighted by Gasteiger charge is -2.26. The average Bonchev–Trinajstić information content (AvgIpc) is 2.53. The number of hydrogen-bond acceptors (Lipinski definition) is 2. The molecule has 2 heteroatoms. The van der Waals surface area contributed by atoms with Gasteiger partial charge < -0.3 is 10.2 Å². The van der Waals surface area contributed by atoms with Gasteiger partial charge in [-0.15, -0.1) is 0 Å². The smallest absolute Gasteiger partial charge is 0.0495 e. The van der Waals surface area contributed by atoms with E-state index in [1.165, 1.54) is 16.8 Å². The SMILES string of the molecule is CCc1ccc(N(C)CC(NC)c2ccccc2)cc1. The molecule has 2 rings (SSSR count). The first-order valence-electron chi connectivity index (χ1n) is 7.27. The lowest BCUT2D eigenvalue weighted by Crippen LogP contribution is -2.31. The van der Waals surface area contributed by atoms with Gasteiger partial charge in [0.2, 0.25) is 0 Å². The molecule has 2 aromatic rings. The maximum Gasteiger partial charge on any atom is 0.0495 e. The maximum absolute atomic E-state index is 3.40. The van der Waals surface area contributed by atoms with Gasteiger partial charge in [-0.1, -0.05) is 49.4 Å². The second-order valence-electron chi connectivity index (χ2n) is 5.15. The molecule has 1 N–H and O–H groups in total. The molecule has 2 aromatic carbocycles. The molecular weight excluding hydrogens is 244 g/mol. The van der Waals surface area contributed by atoms with Crippen molar-refractivity contribution in [2.75, 3.05) is 25.5 Å². The van der Waals surface area contributed by atoms with Gasteiger partial charge in [0.1, 0.15) is 0 Å². The Morgan fingerprint density at radius 3 is 2.20 bits per heavy atom. The van der Waals surface area contributed by atoms with E-state index < -0.39 is 0 Å². The molecule has 20 heavy (non-hydrogen) atoms. The number of nitrogens with one attached hydrogen (secondary N) is 1. The van der Waals surface area contributed by atoms with Gasteiger partial charge in [0.15, 0.2) is 0 Å². The fourth-order valence-electron chi connectivity index (χ4n) is 2.41. The second-order valence-corrected chi connectivity index (χ2v) is 5.15. The van der Waals surface area contributed by atoms with E-state index >= 15 is 0 Å². The predicted octanol–water partition coefficient (Wildman–Crippen LogP) is 3.65. The van der Waals surface area contributed by atoms with Crippen molar-refractivity contribution in [2.45, 2.75) is 19.4 Å². The summed E-state index contributed by atoms with van der Waals surface area (Å²) in [6, 6.07) is 19.8. The van der Waals surface area contributed by atoms with E-state index in [2.05, 4.69) is 78.8 Å². The van der Waals surface area contributed by atoms with Gasteiger partial charge in [0.25, 0.3) is 0 Å². The summed E-state index contributed by atoms with van der Waals surface area (Å²) in [5, 5.41) is 3.40. The van der Waals surface area contributed by atoms with Gasteiger partial charge >= 0.3 is 0 Å². The Hall–Kier alpha value is -1.80. The van der Waals surface area contributed by atoms with Gasteiger partial charge in [-0.3, -0.25) is 0 Å². The van der Waals surface area contributed by atoms with Crippen LogP contribution in [0.4, 0.5) is 5.69 Å². The van der Waals surface area contributed by atoms with Crippen molar-refractivity contribution in [2.24, 2.45) is 0 Å². The molecule has 0 aliphatic carbocycles. The van der Waals surface area contributed by atoms with Crippen molar-refractivity contribution < 1.29 is 0 Å². The first kappa shape index (κ1) is 14.6. The highest BCUT2D eigenvalue weighted by Crippen LogP contribution is 2.19. The minimum atomic E-state index is 0.340. The molecule has 0 aromatic heterocycles. The zero-order chi connectivity index (χ0) is 14.4. The molecule has 0 fully saturated rings. The van der Waals surface area contributed by atoms with E-state index in [1.807, 2.05) is 7.05 Å². The topological polar surface area (TPSA) is 15.3 Å². The van der Waals surface area contributed by atoms with E-state index in [0.717, 1.165) is 13.0 Å². The number of hydrogen-bond donors (Lipinski definition) is 1. The van der Waals surface area contributed by atoms with E-state index in [-0.39, 0.29) is 0 Å². The number of aryl methyl sites for hydroxylation is 1. The molecule has 1 atom stereocenters. The van der Waals surface area contributed by atoms with Crippen LogP contribution in [0.2, 0.25) is 0 Å². The second kappa shape index (κ2) is 7.11. The Labute approximate surface area is 122 Å². The van der Waals surface area contributed by atoms with Crippen molar-refractivity contribution >= 4 is 5.69 Å². The van der Waals surface area contributed by atoms with Gasteiger partial charge in [0, 0.05) is 25.3 Å². The maximum atomic E-state index is 3.40. The molecule has 0 aliphatic heterocycles. The monoisotopic (exact) mass is 268 g/mol. The third-order valence-corrected chi connectivity index (χ3v) is 3.79. The molecule has 2 nitrogen and oxygen atoms in total. The lowest BCUT2D eigenvalue weighted by atomic mass is 10.1. The first-order valence-corrected chi connectivity index (χ1v) is 7.27. The quantitative estimate of drug-likeness (QED) is 0.860. The standard InChI is InChI=1S/C18H24N2/c1-4-15-10-12-17(13-11-15)20(3)14-18(19-2)16-8-6-5-7-9-16/h5-13,18-19H,4,14H2,1-3H3. The summed E-state index contributed by atoms with van der Waals surface area (Å²) < 4.78 is 0. The molecule has 0 radical (unpaired) electrons. The number of nitrogens with zero attached hydrogens (tertiary/aromatic N) is 1. The number of rotatable bonds is 6. The van der Waals surface area contributed by atoms with Crippen LogP contribution in [-0.4, -0.2) is 20.6 Å². The van der Waals surface area contributed by atoms with Gasteiger partial charge in [-0.25, -0.2) is 0 Å². The Balaban J connectivity index is 2.06. The third kappa shape index (κ3) is 3.61. The molecule has 0 bridgehead atoms. The highest BCUT2D eigenvalue weighted by atomic mass is 15.1. The summed E-state index contributed by atoms with van der Waals surface area (Å²) >= 11 is 0. The molecule has 0 amide bonds. The van der Waals surface area contributed by atoms with Crippen LogP contribution in [0.3, 0.4) is 0 Å². The lowest BCUT2D eigenvalue weighted by molar-refractivity contribution is 0.589. The van der Waals surface area contributed by atoms with Crippen molar-refractivity contribution in [3.63, 3.8) is 0 Å². The Bertz CT molecular complexity index is 505. The molecule has 1 unspecified atom stereocenters. The van der Waals surface area contributed by atoms with Gasteiger partial charge in [-0.05, 0) is 36.7 Å². The highest BCUT2D eigenvalue weighted by molar-refractivity contribution is 5.47. The Morgan fingerprint density at radius 1 is 1.00 bits per heavy atom. The molecular formula is C18H24N2. The van der Waals surface area contributed by atoms with Crippen LogP contribution in [-0.2, 0) is 6.42 Å². The van der Waals surface area contributed by atoms with Crippen LogP contribution in [0.25, 0.3) is 0 Å². The van der Waals surface area contributed by atoms with Crippen molar-refractivity contribution in [3.8, 4) is 0 Å². The molecule has 106 valence electrons. The minimum Gasteiger partial charge on any atom is -0.373 e. The van der Waals surface area contributed by atoms with Gasteiger partial charge in [-0.2, -0.15) is 0 Å². The van der Waals surface area contributed by atoms with Crippen molar-refractivity contribution in [1.29, 1.82) is 0 Å². The Morgan fingerprint density at radius 2 is 1.65 bits per heavy atom. The number of anilines is 1. The summed E-state index contributed by atoms with van der Waals surface area (Å²) in [7, 11) is 4.17. The van der Waals surface area contributed by atoms with E-state index in [9.17, 15) is 0 Å². The largest absolute Gasteiger partial charge is 0.373 e. The fourth-order valence-corrected chi connectivity index (χ4v) is 2.41. The van der Waals surface area contributed by atoms with Crippen molar-refractivity contribution in [3.05, 3.63) is 65.7 Å². The molecule has 0 saturated heterocycles. The zero-order valence-corrected chi connectivity index (χ0v) is 12.6. The summed E-state index contributed by atoms with van der Waals surface area (Å²) in [4.78, 5) is 2.30. The number of benzene rings is 2. The van der Waals surface area contributed by atoms with Crippen LogP contribution in [0, 0.1) is 0 Å². The normalized spacial score (nSPS) is 12.2. The number of likely N-dealkylation sites (N-methyl/N-ethyl adjacent to an activating group) is 2. The third-order valence-electron chi connectivity index (χ3n) is 3.79. The van der Waals surface area contributed by atoms with E-state index in [1.54, 1.807) is 0 Å². The molecule has 0 aliphatic rings. The van der Waals surface area contributed by atoms with Crippen LogP contribution < -0.4 is 10.2 Å². The zero-order valence-electron chi connectivity index (χ0n) is 12.6. The molecule has 0 spiro atoms. The summed E-state index contributed by atoms with van der Waals surface area (Å²) in [5.74, 6) is 0. The van der Waals surface area contributed by atoms with E-state index in [4.69, 9.17) is 0 Å². The van der Waals surface area contributed by atoms with Crippen LogP contribution in [0.5, 0.6) is 0 Å². The van der Waals surface area contributed by atoms with Crippen LogP contribution in [0.1, 0.15) is 24.1 Å². The first-order chi connectivity index (χ1) is 9.74. The van der Waals surface area contributed by atoms with Crippen molar-refractivity contribution in [1.82, 2.24) is 5.32 Å². The molecule has 0 heterocycles. The Kier molecular flexibility index (Phi) is 5.19. The van der Waals surface area contributed by atoms with E-state index in [0.29, 0.717) is 6.04 Å². The van der Waals surface area contributed by atoms with Crippen LogP contribution >= 0.6 is 0 Å². The minimum absolute atomic E-state index is 0.340. The van der Waals surface area contributed by atoms with Gasteiger partial charge in [0.05, 0.1) is 0 Å². The highest BCUT2D eigenvalue weighted by Gasteiger charge is 2.12. The predicted molar refractivity (Wildman–Crippen MR) is 87.3 cm³/mol. The van der Waals surface area contributed by atoms with Crippen LogP contribution in [0.15, 0.2) is 54.6 Å².